The molecule has 112 valence electrons. The number of quaternary nitrogens is 2. The van der Waals surface area contributed by atoms with Crippen molar-refractivity contribution in [2.75, 3.05) is 53.4 Å². The van der Waals surface area contributed by atoms with Gasteiger partial charge in [-0.15, -0.1) is 0 Å². The summed E-state index contributed by atoms with van der Waals surface area (Å²) >= 11 is 0. The Kier molecular flexibility index (Phi) is 8.86. The van der Waals surface area contributed by atoms with Gasteiger partial charge in [-0.1, -0.05) is 26.3 Å². The second-order valence-electron chi connectivity index (χ2n) is 5.96. The van der Waals surface area contributed by atoms with E-state index in [9.17, 15) is 0 Å². The number of hydrogen-bond acceptors (Lipinski definition) is 0. The van der Waals surface area contributed by atoms with Crippen LogP contribution in [0.5, 0.6) is 0 Å². The minimum absolute atomic E-state index is 0.927. The van der Waals surface area contributed by atoms with E-state index in [1.54, 1.807) is 0 Å². The van der Waals surface area contributed by atoms with Crippen molar-refractivity contribution in [1.82, 2.24) is 0 Å². The molecule has 0 rings (SSSR count). The fraction of sp³-hybridized carbons (Fsp3) is 0.444. The highest BCUT2D eigenvalue weighted by Gasteiger charge is 2.17. The van der Waals surface area contributed by atoms with Crippen LogP contribution in [0.2, 0.25) is 0 Å². The van der Waals surface area contributed by atoms with Crippen LogP contribution >= 0.6 is 0 Å². The van der Waals surface area contributed by atoms with Crippen LogP contribution in [0.15, 0.2) is 62.8 Å². The van der Waals surface area contributed by atoms with E-state index in [0.717, 1.165) is 48.2 Å². The predicted molar refractivity (Wildman–Crippen MR) is 91.5 cm³/mol. The lowest BCUT2D eigenvalue weighted by Crippen LogP contribution is -2.45. The molecule has 0 amide bonds. The van der Waals surface area contributed by atoms with Gasteiger partial charge in [0, 0.05) is 0 Å². The normalized spacial score (nSPS) is 12.3. The first-order valence-electron chi connectivity index (χ1n) is 7.21. The first kappa shape index (κ1) is 18.6. The van der Waals surface area contributed by atoms with Crippen LogP contribution in [0.25, 0.3) is 0 Å². The van der Waals surface area contributed by atoms with Gasteiger partial charge < -0.3 is 8.97 Å². The van der Waals surface area contributed by atoms with Crippen LogP contribution < -0.4 is 0 Å². The smallest absolute Gasteiger partial charge is 0.0978 e. The molecule has 0 aromatic carbocycles. The molecule has 0 saturated carbocycles. The summed E-state index contributed by atoms with van der Waals surface area (Å²) in [5.41, 5.74) is 0. The summed E-state index contributed by atoms with van der Waals surface area (Å²) in [6.45, 7) is 21.2. The quantitative estimate of drug-likeness (QED) is 0.379. The van der Waals surface area contributed by atoms with Gasteiger partial charge >= 0.3 is 0 Å². The summed E-state index contributed by atoms with van der Waals surface area (Å²) in [7, 11) is 4.46. The molecule has 0 aromatic heterocycles. The van der Waals surface area contributed by atoms with Crippen molar-refractivity contribution in [2.24, 2.45) is 0 Å². The van der Waals surface area contributed by atoms with E-state index in [4.69, 9.17) is 0 Å². The van der Waals surface area contributed by atoms with Gasteiger partial charge in [-0.05, 0) is 36.5 Å². The molecule has 0 aliphatic heterocycles. The van der Waals surface area contributed by atoms with Gasteiger partial charge in [0.2, 0.25) is 0 Å². The van der Waals surface area contributed by atoms with Gasteiger partial charge in [-0.25, -0.2) is 0 Å². The Bertz CT molecular complexity index is 298. The van der Waals surface area contributed by atoms with Crippen molar-refractivity contribution < 1.29 is 8.97 Å². The van der Waals surface area contributed by atoms with Crippen LogP contribution in [-0.2, 0) is 0 Å². The SMILES string of the molecule is C=CC[N+](C)(CC=C)CC=CC[N+](C)(CC=C)CC=C. The Morgan fingerprint density at radius 2 is 0.800 bits per heavy atom. The highest BCUT2D eigenvalue weighted by atomic mass is 15.3. The fourth-order valence-electron chi connectivity index (χ4n) is 2.35. The molecule has 0 radical (unpaired) electrons. The van der Waals surface area contributed by atoms with Crippen LogP contribution in [0.3, 0.4) is 0 Å². The molecule has 0 heterocycles. The Hall–Kier alpha value is -1.38. The zero-order valence-corrected chi connectivity index (χ0v) is 13.4. The van der Waals surface area contributed by atoms with E-state index in [-0.39, 0.29) is 0 Å². The Morgan fingerprint density at radius 3 is 1.00 bits per heavy atom. The average molecular weight is 276 g/mol. The van der Waals surface area contributed by atoms with Crippen molar-refractivity contribution in [2.45, 2.75) is 0 Å². The van der Waals surface area contributed by atoms with Crippen molar-refractivity contribution in [3.8, 4) is 0 Å². The molecule has 0 aliphatic rings. The largest absolute Gasteiger partial charge is 0.316 e. The minimum atomic E-state index is 0.927. The Labute approximate surface area is 125 Å². The molecule has 0 atom stereocenters. The molecular formula is C18H32N2+2. The maximum atomic E-state index is 3.84. The summed E-state index contributed by atoms with van der Waals surface area (Å²) in [6.07, 6.45) is 12.5. The topological polar surface area (TPSA) is 0 Å². The first-order valence-corrected chi connectivity index (χ1v) is 7.21. The maximum Gasteiger partial charge on any atom is 0.0978 e. The van der Waals surface area contributed by atoms with Crippen molar-refractivity contribution in [3.05, 3.63) is 62.8 Å². The van der Waals surface area contributed by atoms with Crippen LogP contribution in [0.4, 0.5) is 0 Å². The molecule has 0 aliphatic carbocycles. The maximum absolute atomic E-state index is 3.84. The first-order chi connectivity index (χ1) is 9.45. The average Bonchev–Trinajstić information content (AvgIpc) is 2.36. The van der Waals surface area contributed by atoms with Gasteiger partial charge in [0.15, 0.2) is 0 Å². The molecule has 0 aromatic rings. The number of nitrogens with zero attached hydrogens (tertiary/aromatic N) is 2. The third kappa shape index (κ3) is 7.27. The van der Waals surface area contributed by atoms with Crippen molar-refractivity contribution in [3.63, 3.8) is 0 Å². The van der Waals surface area contributed by atoms with Gasteiger partial charge in [-0.2, -0.15) is 0 Å². The van der Waals surface area contributed by atoms with E-state index in [1.807, 2.05) is 24.3 Å². The molecule has 0 fully saturated rings. The Balaban J connectivity index is 4.53. The molecule has 0 saturated heterocycles. The standard InChI is InChI=1S/C18H32N2/c1-7-13-19(5,14-8-2)17-11-12-18-20(6,15-9-3)16-10-4/h7-12H,1-4,13-18H2,5-6H3/q+2. The van der Waals surface area contributed by atoms with Crippen LogP contribution in [0, 0.1) is 0 Å². The number of likely N-dealkylation sites (N-methyl/N-ethyl adjacent to an activating group) is 2. The second kappa shape index (κ2) is 9.51. The summed E-state index contributed by atoms with van der Waals surface area (Å²) in [5, 5.41) is 0. The van der Waals surface area contributed by atoms with Gasteiger partial charge in [-0.3, -0.25) is 0 Å². The summed E-state index contributed by atoms with van der Waals surface area (Å²) < 4.78 is 1.85. The molecule has 0 N–H and O–H groups in total. The van der Waals surface area contributed by atoms with Crippen LogP contribution in [0.1, 0.15) is 0 Å². The third-order valence-corrected chi connectivity index (χ3v) is 3.54. The lowest BCUT2D eigenvalue weighted by Gasteiger charge is -2.32. The molecule has 0 unspecified atom stereocenters. The van der Waals surface area contributed by atoms with Gasteiger partial charge in [0.05, 0.1) is 53.4 Å². The second-order valence-corrected chi connectivity index (χ2v) is 5.96. The van der Waals surface area contributed by atoms with E-state index >= 15 is 0 Å². The van der Waals surface area contributed by atoms with E-state index in [2.05, 4.69) is 52.6 Å². The number of rotatable bonds is 12. The van der Waals surface area contributed by atoms with Gasteiger partial charge in [0.25, 0.3) is 0 Å². The minimum Gasteiger partial charge on any atom is -0.316 e. The van der Waals surface area contributed by atoms with E-state index < -0.39 is 0 Å². The van der Waals surface area contributed by atoms with Crippen molar-refractivity contribution in [1.29, 1.82) is 0 Å². The molecule has 20 heavy (non-hydrogen) atoms. The molecule has 2 heteroatoms. The zero-order valence-electron chi connectivity index (χ0n) is 13.4. The predicted octanol–water partition coefficient (Wildman–Crippen LogP) is 3.18. The number of hydrogen-bond donors (Lipinski definition) is 0. The lowest BCUT2D eigenvalue weighted by molar-refractivity contribution is -0.894. The molecule has 2 nitrogen and oxygen atoms in total. The van der Waals surface area contributed by atoms with Crippen LogP contribution in [-0.4, -0.2) is 62.3 Å². The highest BCUT2D eigenvalue weighted by molar-refractivity contribution is 4.85. The summed E-state index contributed by atoms with van der Waals surface area (Å²) in [4.78, 5) is 0. The summed E-state index contributed by atoms with van der Waals surface area (Å²) in [5.74, 6) is 0. The van der Waals surface area contributed by atoms with E-state index in [0.29, 0.717) is 0 Å². The molecular weight excluding hydrogens is 244 g/mol. The monoisotopic (exact) mass is 276 g/mol. The Morgan fingerprint density at radius 1 is 0.550 bits per heavy atom. The molecule has 0 bridgehead atoms. The van der Waals surface area contributed by atoms with Gasteiger partial charge in [0.1, 0.15) is 0 Å². The fourth-order valence-corrected chi connectivity index (χ4v) is 2.35. The lowest BCUT2D eigenvalue weighted by atomic mass is 10.3. The molecule has 0 spiro atoms. The van der Waals surface area contributed by atoms with E-state index in [1.165, 1.54) is 0 Å². The zero-order chi connectivity index (χ0) is 15.5. The highest BCUT2D eigenvalue weighted by Crippen LogP contribution is 2.06. The third-order valence-electron chi connectivity index (χ3n) is 3.54. The summed E-state index contributed by atoms with van der Waals surface area (Å²) in [6, 6.07) is 0. The van der Waals surface area contributed by atoms with Crippen molar-refractivity contribution >= 4 is 0 Å².